The average Bonchev–Trinajstić information content (AvgIpc) is 2.28. The van der Waals surface area contributed by atoms with Crippen molar-refractivity contribution in [2.45, 2.75) is 19.4 Å². The Morgan fingerprint density at radius 1 is 1.50 bits per heavy atom. The molecule has 0 aromatic carbocycles. The second kappa shape index (κ2) is 4.49. The molecule has 0 fully saturated rings. The van der Waals surface area contributed by atoms with E-state index in [1.54, 1.807) is 12.1 Å². The van der Waals surface area contributed by atoms with Crippen molar-refractivity contribution in [1.82, 2.24) is 4.98 Å². The monoisotopic (exact) mass is 222 g/mol. The molecule has 0 atom stereocenters. The summed E-state index contributed by atoms with van der Waals surface area (Å²) in [5, 5.41) is 0. The van der Waals surface area contributed by atoms with Crippen molar-refractivity contribution in [3.63, 3.8) is 0 Å². The standard InChI is InChI=1S/C11H18N4O/c1-11(2,7-12)15(3)9-5-4-8(6-14-9)10(13)16/h4-6H,7,12H2,1-3H3,(H2,13,16). The summed E-state index contributed by atoms with van der Waals surface area (Å²) in [5.74, 6) is 0.292. The van der Waals surface area contributed by atoms with Crippen molar-refractivity contribution < 1.29 is 4.79 Å². The Balaban J connectivity index is 2.94. The molecule has 1 aromatic rings. The second-order valence-corrected chi connectivity index (χ2v) is 4.34. The van der Waals surface area contributed by atoms with Gasteiger partial charge in [0.1, 0.15) is 5.82 Å². The first-order valence-corrected chi connectivity index (χ1v) is 5.08. The Morgan fingerprint density at radius 3 is 2.50 bits per heavy atom. The van der Waals surface area contributed by atoms with Gasteiger partial charge in [-0.05, 0) is 26.0 Å². The summed E-state index contributed by atoms with van der Waals surface area (Å²) in [4.78, 5) is 17.0. The van der Waals surface area contributed by atoms with E-state index in [1.807, 2.05) is 25.8 Å². The van der Waals surface area contributed by atoms with Crippen LogP contribution in [0.3, 0.4) is 0 Å². The van der Waals surface area contributed by atoms with Crippen molar-refractivity contribution in [3.05, 3.63) is 23.9 Å². The number of nitrogens with two attached hydrogens (primary N) is 2. The number of carbonyl (C=O) groups is 1. The fraction of sp³-hybridized carbons (Fsp3) is 0.455. The highest BCUT2D eigenvalue weighted by molar-refractivity contribution is 5.92. The van der Waals surface area contributed by atoms with Gasteiger partial charge in [0.05, 0.1) is 5.56 Å². The Kier molecular flexibility index (Phi) is 3.49. The molecule has 0 bridgehead atoms. The Labute approximate surface area is 95.4 Å². The Morgan fingerprint density at radius 2 is 2.12 bits per heavy atom. The van der Waals surface area contributed by atoms with Crippen LogP contribution in [-0.4, -0.2) is 30.0 Å². The van der Waals surface area contributed by atoms with Gasteiger partial charge >= 0.3 is 0 Å². The van der Waals surface area contributed by atoms with Gasteiger partial charge in [-0.2, -0.15) is 0 Å². The van der Waals surface area contributed by atoms with Gasteiger partial charge in [0.15, 0.2) is 0 Å². The number of aromatic nitrogens is 1. The van der Waals surface area contributed by atoms with E-state index in [0.29, 0.717) is 12.1 Å². The van der Waals surface area contributed by atoms with Gasteiger partial charge in [0.25, 0.3) is 0 Å². The minimum atomic E-state index is -0.472. The first-order valence-electron chi connectivity index (χ1n) is 5.08. The summed E-state index contributed by atoms with van der Waals surface area (Å²) >= 11 is 0. The SMILES string of the molecule is CN(c1ccc(C(N)=O)cn1)C(C)(C)CN. The molecule has 0 aliphatic rings. The molecule has 0 aliphatic carbocycles. The summed E-state index contributed by atoms with van der Waals surface area (Å²) in [5.41, 5.74) is 11.0. The molecule has 5 heteroatoms. The lowest BCUT2D eigenvalue weighted by molar-refractivity contribution is 0.1000. The molecule has 0 radical (unpaired) electrons. The molecule has 1 amide bonds. The number of amides is 1. The number of anilines is 1. The molecule has 0 spiro atoms. The molecule has 1 aromatic heterocycles. The van der Waals surface area contributed by atoms with E-state index < -0.39 is 5.91 Å². The molecule has 1 heterocycles. The third kappa shape index (κ3) is 2.49. The maximum absolute atomic E-state index is 10.9. The quantitative estimate of drug-likeness (QED) is 0.770. The third-order valence-corrected chi connectivity index (χ3v) is 2.78. The predicted octanol–water partition coefficient (Wildman–Crippen LogP) is 0.354. The van der Waals surface area contributed by atoms with E-state index in [-0.39, 0.29) is 5.54 Å². The molecule has 5 nitrogen and oxygen atoms in total. The van der Waals surface area contributed by atoms with Crippen LogP contribution in [0.1, 0.15) is 24.2 Å². The number of hydrogen-bond donors (Lipinski definition) is 2. The highest BCUT2D eigenvalue weighted by Gasteiger charge is 2.22. The zero-order valence-corrected chi connectivity index (χ0v) is 9.90. The van der Waals surface area contributed by atoms with E-state index in [2.05, 4.69) is 4.98 Å². The maximum atomic E-state index is 10.9. The third-order valence-electron chi connectivity index (χ3n) is 2.78. The van der Waals surface area contributed by atoms with Crippen molar-refractivity contribution in [1.29, 1.82) is 0 Å². The lowest BCUT2D eigenvalue weighted by Crippen LogP contribution is -2.47. The fourth-order valence-electron chi connectivity index (χ4n) is 1.18. The highest BCUT2D eigenvalue weighted by Crippen LogP contribution is 2.18. The molecular weight excluding hydrogens is 204 g/mol. The zero-order chi connectivity index (χ0) is 12.3. The van der Waals surface area contributed by atoms with Gasteiger partial charge in [0, 0.05) is 25.3 Å². The Hall–Kier alpha value is -1.62. The average molecular weight is 222 g/mol. The maximum Gasteiger partial charge on any atom is 0.250 e. The number of likely N-dealkylation sites (N-methyl/N-ethyl adjacent to an activating group) is 1. The van der Waals surface area contributed by atoms with E-state index in [4.69, 9.17) is 11.5 Å². The van der Waals surface area contributed by atoms with Gasteiger partial charge in [-0.15, -0.1) is 0 Å². The molecular formula is C11H18N4O. The highest BCUT2D eigenvalue weighted by atomic mass is 16.1. The van der Waals surface area contributed by atoms with Crippen LogP contribution in [0.15, 0.2) is 18.3 Å². The van der Waals surface area contributed by atoms with Crippen molar-refractivity contribution >= 4 is 11.7 Å². The lowest BCUT2D eigenvalue weighted by Gasteiger charge is -2.35. The van der Waals surface area contributed by atoms with Gasteiger partial charge < -0.3 is 16.4 Å². The van der Waals surface area contributed by atoms with Crippen LogP contribution in [0, 0.1) is 0 Å². The van der Waals surface area contributed by atoms with Crippen LogP contribution in [0.25, 0.3) is 0 Å². The molecule has 88 valence electrons. The van der Waals surface area contributed by atoms with Crippen LogP contribution < -0.4 is 16.4 Å². The number of pyridine rings is 1. The molecule has 16 heavy (non-hydrogen) atoms. The first kappa shape index (κ1) is 12.4. The van der Waals surface area contributed by atoms with Crippen molar-refractivity contribution in [3.8, 4) is 0 Å². The van der Waals surface area contributed by atoms with E-state index in [0.717, 1.165) is 5.82 Å². The van der Waals surface area contributed by atoms with Gasteiger partial charge in [-0.1, -0.05) is 0 Å². The van der Waals surface area contributed by atoms with E-state index >= 15 is 0 Å². The van der Waals surface area contributed by atoms with Crippen LogP contribution in [0.2, 0.25) is 0 Å². The van der Waals surface area contributed by atoms with Crippen molar-refractivity contribution in [2.24, 2.45) is 11.5 Å². The number of carbonyl (C=O) groups excluding carboxylic acids is 1. The zero-order valence-electron chi connectivity index (χ0n) is 9.90. The van der Waals surface area contributed by atoms with Crippen LogP contribution in [0.5, 0.6) is 0 Å². The lowest BCUT2D eigenvalue weighted by atomic mass is 10.0. The molecule has 4 N–H and O–H groups in total. The summed E-state index contributed by atoms with van der Waals surface area (Å²) < 4.78 is 0. The largest absolute Gasteiger partial charge is 0.366 e. The molecule has 0 saturated carbocycles. The number of hydrogen-bond acceptors (Lipinski definition) is 4. The van der Waals surface area contributed by atoms with Gasteiger partial charge in [0.2, 0.25) is 5.91 Å². The summed E-state index contributed by atoms with van der Waals surface area (Å²) in [7, 11) is 1.92. The minimum Gasteiger partial charge on any atom is -0.366 e. The molecule has 1 rings (SSSR count). The first-order chi connectivity index (χ1) is 7.38. The molecule has 0 saturated heterocycles. The van der Waals surface area contributed by atoms with Crippen LogP contribution in [0.4, 0.5) is 5.82 Å². The summed E-state index contributed by atoms with van der Waals surface area (Å²) in [6.07, 6.45) is 1.47. The molecule has 0 aliphatic heterocycles. The summed E-state index contributed by atoms with van der Waals surface area (Å²) in [6, 6.07) is 3.42. The minimum absolute atomic E-state index is 0.179. The van der Waals surface area contributed by atoms with Gasteiger partial charge in [-0.3, -0.25) is 4.79 Å². The number of primary amides is 1. The molecule has 0 unspecified atom stereocenters. The topological polar surface area (TPSA) is 85.2 Å². The van der Waals surface area contributed by atoms with Crippen LogP contribution >= 0.6 is 0 Å². The van der Waals surface area contributed by atoms with Gasteiger partial charge in [-0.25, -0.2) is 4.98 Å². The van der Waals surface area contributed by atoms with E-state index in [1.165, 1.54) is 6.20 Å². The number of rotatable bonds is 4. The van der Waals surface area contributed by atoms with Crippen molar-refractivity contribution in [2.75, 3.05) is 18.5 Å². The Bertz CT molecular complexity index is 372. The smallest absolute Gasteiger partial charge is 0.250 e. The summed E-state index contributed by atoms with van der Waals surface area (Å²) in [6.45, 7) is 4.57. The fourth-order valence-corrected chi connectivity index (χ4v) is 1.18. The number of nitrogens with zero attached hydrogens (tertiary/aromatic N) is 2. The predicted molar refractivity (Wildman–Crippen MR) is 64.3 cm³/mol. The van der Waals surface area contributed by atoms with Crippen LogP contribution in [-0.2, 0) is 0 Å². The van der Waals surface area contributed by atoms with E-state index in [9.17, 15) is 4.79 Å². The second-order valence-electron chi connectivity index (χ2n) is 4.34. The normalized spacial score (nSPS) is 11.2.